The maximum atomic E-state index is 13.7. The van der Waals surface area contributed by atoms with Gasteiger partial charge < -0.3 is 19.9 Å². The number of carbonyl (C=O) groups excluding carboxylic acids is 1. The fraction of sp³-hybridized carbons (Fsp3) is 0.360. The van der Waals surface area contributed by atoms with E-state index in [1.54, 1.807) is 12.1 Å². The van der Waals surface area contributed by atoms with Crippen LogP contribution in [0.5, 0.6) is 5.75 Å². The van der Waals surface area contributed by atoms with Gasteiger partial charge in [0.2, 0.25) is 5.56 Å². The number of halogens is 1. The fourth-order valence-corrected chi connectivity index (χ4v) is 5.12. The number of hydrogen-bond acceptors (Lipinski definition) is 4. The number of benzene rings is 2. The van der Waals surface area contributed by atoms with E-state index in [4.69, 9.17) is 4.74 Å². The monoisotopic (exact) mass is 462 g/mol. The van der Waals surface area contributed by atoms with Gasteiger partial charge in [0.15, 0.2) is 0 Å². The number of amides is 1. The van der Waals surface area contributed by atoms with E-state index in [1.807, 2.05) is 19.1 Å². The van der Waals surface area contributed by atoms with Gasteiger partial charge in [-0.3, -0.25) is 9.59 Å². The van der Waals surface area contributed by atoms with Gasteiger partial charge in [-0.2, -0.15) is 0 Å². The lowest BCUT2D eigenvalue weighted by Gasteiger charge is -2.41. The fourth-order valence-electron chi connectivity index (χ4n) is 4.56. The lowest BCUT2D eigenvalue weighted by molar-refractivity contribution is 0.0562. The normalized spacial score (nSPS) is 20.2. The molecule has 2 aromatic carbocycles. The van der Waals surface area contributed by atoms with E-state index in [-0.39, 0.29) is 17.2 Å². The second-order valence-electron chi connectivity index (χ2n) is 9.13. The Hall–Kier alpha value is -2.97. The number of rotatable bonds is 6. The molecule has 2 heterocycles. The number of likely N-dealkylation sites (tertiary alicyclic amines) is 1. The molecule has 1 amide bonds. The summed E-state index contributed by atoms with van der Waals surface area (Å²) in [5, 5.41) is 3.88. The summed E-state index contributed by atoms with van der Waals surface area (Å²) in [4.78, 5) is 30.5. The van der Waals surface area contributed by atoms with Gasteiger partial charge in [0.25, 0.3) is 5.91 Å². The highest BCUT2D eigenvalue weighted by molar-refractivity contribution is 6.11. The first-order chi connectivity index (χ1) is 15.8. The van der Waals surface area contributed by atoms with E-state index in [0.717, 1.165) is 23.9 Å². The third kappa shape index (κ3) is 4.09. The standard InChI is InChI=1S/C25H25FN3O3Si/c1-14-3-5-16(32-24(33)21-7-10-29(21)2)12-18(14)23(31)28-25(8-9-25)19-13-22(30)27-20-11-15(26)4-6-17(19)20/h3-6,11-13,21,24H,7-10H2,1-2H3,(H,27,30)(H,28,31)/t21-,24?/m0/s1. The van der Waals surface area contributed by atoms with Crippen LogP contribution in [0.1, 0.15) is 40.7 Å². The molecule has 3 aromatic rings. The summed E-state index contributed by atoms with van der Waals surface area (Å²) in [6.07, 6.45) is 2.47. The zero-order chi connectivity index (χ0) is 23.3. The van der Waals surface area contributed by atoms with Gasteiger partial charge in [-0.05, 0) is 81.2 Å². The van der Waals surface area contributed by atoms with E-state index in [0.29, 0.717) is 41.3 Å². The Morgan fingerprint density at radius 2 is 2.06 bits per heavy atom. The maximum Gasteiger partial charge on any atom is 0.252 e. The van der Waals surface area contributed by atoms with Crippen molar-refractivity contribution in [2.75, 3.05) is 13.6 Å². The SMILES string of the molecule is Cc1ccc(OC([Si])[C@@H]2CCN2C)cc1C(=O)NC1(c2cc(=O)[nH]c3cc(F)ccc23)CC1. The molecule has 1 saturated carbocycles. The van der Waals surface area contributed by atoms with Crippen LogP contribution >= 0.6 is 0 Å². The molecule has 2 N–H and O–H groups in total. The number of nitrogens with one attached hydrogen (secondary N) is 2. The Morgan fingerprint density at radius 3 is 2.73 bits per heavy atom. The van der Waals surface area contributed by atoms with E-state index in [1.165, 1.54) is 18.2 Å². The Labute approximate surface area is 194 Å². The number of carbonyl (C=O) groups is 1. The first kappa shape index (κ1) is 21.9. The van der Waals surface area contributed by atoms with Crippen molar-refractivity contribution >= 4 is 27.1 Å². The molecule has 0 spiro atoms. The number of aromatic amines is 1. The molecule has 2 aliphatic rings. The summed E-state index contributed by atoms with van der Waals surface area (Å²) in [7, 11) is 5.73. The van der Waals surface area contributed by atoms with Gasteiger partial charge in [-0.15, -0.1) is 0 Å². The quantitative estimate of drug-likeness (QED) is 0.553. The molecule has 1 saturated heterocycles. The van der Waals surface area contributed by atoms with Gasteiger partial charge in [0, 0.05) is 23.1 Å². The van der Waals surface area contributed by atoms with Crippen molar-refractivity contribution < 1.29 is 13.9 Å². The molecule has 1 aromatic heterocycles. The van der Waals surface area contributed by atoms with Gasteiger partial charge in [0.1, 0.15) is 11.6 Å². The summed E-state index contributed by atoms with van der Waals surface area (Å²) < 4.78 is 19.8. The van der Waals surface area contributed by atoms with E-state index >= 15 is 0 Å². The highest BCUT2D eigenvalue weighted by Gasteiger charge is 2.47. The Kier molecular flexibility index (Phi) is 5.37. The Bertz CT molecular complexity index is 1300. The molecule has 8 heteroatoms. The summed E-state index contributed by atoms with van der Waals surface area (Å²) in [6, 6.07) is 11.6. The second kappa shape index (κ2) is 8.11. The van der Waals surface area contributed by atoms with Crippen LogP contribution in [0.25, 0.3) is 10.9 Å². The van der Waals surface area contributed by atoms with Crippen LogP contribution in [-0.2, 0) is 5.54 Å². The first-order valence-corrected chi connectivity index (χ1v) is 11.7. The highest BCUT2D eigenvalue weighted by Crippen LogP contribution is 2.47. The number of nitrogens with zero attached hydrogens (tertiary/aromatic N) is 1. The highest BCUT2D eigenvalue weighted by atomic mass is 28.1. The minimum atomic E-state index is -0.642. The molecular formula is C25H25FN3O3Si. The molecule has 1 aliphatic carbocycles. The van der Waals surface area contributed by atoms with Crippen LogP contribution in [0.4, 0.5) is 4.39 Å². The van der Waals surface area contributed by atoms with Gasteiger partial charge in [0.05, 0.1) is 27.0 Å². The molecule has 2 fully saturated rings. The number of aryl methyl sites for hydroxylation is 1. The van der Waals surface area contributed by atoms with Crippen LogP contribution in [-0.4, -0.2) is 51.4 Å². The van der Waals surface area contributed by atoms with Crippen LogP contribution in [0.3, 0.4) is 0 Å². The number of ether oxygens (including phenoxy) is 1. The van der Waals surface area contributed by atoms with Crippen molar-refractivity contribution in [2.24, 2.45) is 0 Å². The molecular weight excluding hydrogens is 437 g/mol. The van der Waals surface area contributed by atoms with Gasteiger partial charge in [-0.25, -0.2) is 4.39 Å². The molecule has 5 rings (SSSR count). The molecule has 1 aliphatic heterocycles. The van der Waals surface area contributed by atoms with Gasteiger partial charge in [-0.1, -0.05) is 6.07 Å². The summed E-state index contributed by atoms with van der Waals surface area (Å²) in [5.74, 6) is -0.0279. The van der Waals surface area contributed by atoms with E-state index in [2.05, 4.69) is 32.5 Å². The van der Waals surface area contributed by atoms with Crippen molar-refractivity contribution in [2.45, 2.75) is 43.5 Å². The van der Waals surface area contributed by atoms with E-state index in [9.17, 15) is 14.0 Å². The topological polar surface area (TPSA) is 74.4 Å². The number of pyridine rings is 1. The Balaban J connectivity index is 1.41. The van der Waals surface area contributed by atoms with Crippen LogP contribution in [0.2, 0.25) is 0 Å². The zero-order valence-corrected chi connectivity index (χ0v) is 19.6. The molecule has 1 unspecified atom stereocenters. The third-order valence-corrected chi connectivity index (χ3v) is 7.34. The number of likely N-dealkylation sites (N-methyl/N-ethyl adjacent to an activating group) is 1. The predicted molar refractivity (Wildman–Crippen MR) is 125 cm³/mol. The van der Waals surface area contributed by atoms with E-state index < -0.39 is 11.4 Å². The smallest absolute Gasteiger partial charge is 0.252 e. The van der Waals surface area contributed by atoms with Gasteiger partial charge >= 0.3 is 0 Å². The first-order valence-electron chi connectivity index (χ1n) is 11.1. The molecule has 6 nitrogen and oxygen atoms in total. The minimum absolute atomic E-state index is 0.167. The molecule has 0 bridgehead atoms. The van der Waals surface area contributed by atoms with Crippen molar-refractivity contribution in [1.29, 1.82) is 0 Å². The van der Waals surface area contributed by atoms with Crippen LogP contribution in [0.15, 0.2) is 47.3 Å². The van der Waals surface area contributed by atoms with Crippen LogP contribution < -0.4 is 15.6 Å². The molecule has 3 radical (unpaired) electrons. The average Bonchev–Trinajstić information content (AvgIpc) is 3.53. The Morgan fingerprint density at radius 1 is 1.27 bits per heavy atom. The summed E-state index contributed by atoms with van der Waals surface area (Å²) >= 11 is 0. The van der Waals surface area contributed by atoms with Crippen molar-refractivity contribution in [3.8, 4) is 5.75 Å². The number of fused-ring (bicyclic) bond motifs is 1. The zero-order valence-electron chi connectivity index (χ0n) is 18.6. The summed E-state index contributed by atoms with van der Waals surface area (Å²) in [5.41, 5.74) is 1.37. The number of H-pyrrole nitrogens is 1. The lowest BCUT2D eigenvalue weighted by Crippen LogP contribution is -2.53. The third-order valence-electron chi connectivity index (χ3n) is 6.83. The largest absolute Gasteiger partial charge is 0.493 e. The number of hydrogen-bond donors (Lipinski definition) is 2. The predicted octanol–water partition coefficient (Wildman–Crippen LogP) is 2.97. The minimum Gasteiger partial charge on any atom is -0.493 e. The van der Waals surface area contributed by atoms with Crippen molar-refractivity contribution in [3.63, 3.8) is 0 Å². The molecule has 2 atom stereocenters. The number of aromatic nitrogens is 1. The summed E-state index contributed by atoms with van der Waals surface area (Å²) in [6.45, 7) is 2.93. The van der Waals surface area contributed by atoms with Crippen molar-refractivity contribution in [1.82, 2.24) is 15.2 Å². The average molecular weight is 463 g/mol. The molecule has 169 valence electrons. The van der Waals surface area contributed by atoms with Crippen LogP contribution in [0, 0.1) is 12.7 Å². The molecule has 33 heavy (non-hydrogen) atoms. The second-order valence-corrected chi connectivity index (χ2v) is 9.69. The lowest BCUT2D eigenvalue weighted by atomic mass is 9.98. The van der Waals surface area contributed by atoms with Crippen molar-refractivity contribution in [3.05, 3.63) is 75.3 Å². The maximum absolute atomic E-state index is 13.7.